The van der Waals surface area contributed by atoms with Gasteiger partial charge in [-0.1, -0.05) is 31.5 Å². The van der Waals surface area contributed by atoms with Crippen LogP contribution in [0.5, 0.6) is 0 Å². The molecule has 0 aliphatic carbocycles. The molecule has 6 nitrogen and oxygen atoms in total. The highest BCUT2D eigenvalue weighted by atomic mass is 35.5. The van der Waals surface area contributed by atoms with E-state index in [2.05, 4.69) is 10.4 Å². The number of aromatic nitrogens is 2. The number of carbonyl (C=O) groups is 2. The lowest BCUT2D eigenvalue weighted by Crippen LogP contribution is -2.42. The van der Waals surface area contributed by atoms with E-state index in [9.17, 15) is 14.7 Å². The van der Waals surface area contributed by atoms with E-state index in [0.717, 1.165) is 5.69 Å². The van der Waals surface area contributed by atoms with Gasteiger partial charge in [0.15, 0.2) is 0 Å². The molecule has 0 fully saturated rings. The Morgan fingerprint density at radius 2 is 2.00 bits per heavy atom. The second-order valence-corrected chi connectivity index (χ2v) is 6.45. The van der Waals surface area contributed by atoms with Crippen LogP contribution in [0.4, 0.5) is 0 Å². The maximum Gasteiger partial charge on any atom is 0.311 e. The smallest absolute Gasteiger partial charge is 0.311 e. The maximum absolute atomic E-state index is 12.5. The summed E-state index contributed by atoms with van der Waals surface area (Å²) in [6.07, 6.45) is 2.37. The van der Waals surface area contributed by atoms with Gasteiger partial charge < -0.3 is 10.4 Å². The van der Waals surface area contributed by atoms with Crippen LogP contribution >= 0.6 is 11.6 Å². The van der Waals surface area contributed by atoms with Crippen LogP contribution in [0.15, 0.2) is 30.5 Å². The molecule has 0 radical (unpaired) electrons. The fraction of sp³-hybridized carbons (Fsp3) is 0.389. The summed E-state index contributed by atoms with van der Waals surface area (Å²) >= 11 is 6.00. The van der Waals surface area contributed by atoms with Gasteiger partial charge in [0, 0.05) is 11.6 Å². The molecular formula is C18H22ClN3O3. The van der Waals surface area contributed by atoms with E-state index in [1.165, 1.54) is 6.20 Å². The second kappa shape index (κ2) is 7.70. The number of nitrogens with one attached hydrogen (secondary N) is 1. The van der Waals surface area contributed by atoms with Gasteiger partial charge in [-0.15, -0.1) is 0 Å². The molecule has 1 aromatic carbocycles. The summed E-state index contributed by atoms with van der Waals surface area (Å²) in [5, 5.41) is 17.0. The zero-order valence-electron chi connectivity index (χ0n) is 14.5. The predicted molar refractivity (Wildman–Crippen MR) is 96.3 cm³/mol. The van der Waals surface area contributed by atoms with Crippen molar-refractivity contribution in [2.24, 2.45) is 5.41 Å². The Labute approximate surface area is 151 Å². The number of hydrogen-bond acceptors (Lipinski definition) is 3. The van der Waals surface area contributed by atoms with Gasteiger partial charge in [0.2, 0.25) is 0 Å². The van der Waals surface area contributed by atoms with E-state index in [1.807, 2.05) is 26.0 Å². The van der Waals surface area contributed by atoms with Gasteiger partial charge >= 0.3 is 5.97 Å². The van der Waals surface area contributed by atoms with Gasteiger partial charge in [-0.25, -0.2) is 4.68 Å². The van der Waals surface area contributed by atoms with Crippen molar-refractivity contribution in [2.75, 3.05) is 6.54 Å². The predicted octanol–water partition coefficient (Wildman–Crippen LogP) is 3.45. The van der Waals surface area contributed by atoms with Crippen molar-refractivity contribution in [2.45, 2.75) is 33.6 Å². The van der Waals surface area contributed by atoms with Gasteiger partial charge in [0.1, 0.15) is 0 Å². The van der Waals surface area contributed by atoms with Crippen molar-refractivity contribution in [1.29, 1.82) is 0 Å². The van der Waals surface area contributed by atoms with Crippen LogP contribution in [0.2, 0.25) is 5.02 Å². The number of aliphatic carboxylic acids is 1. The fourth-order valence-electron chi connectivity index (χ4n) is 2.72. The minimum Gasteiger partial charge on any atom is -0.481 e. The van der Waals surface area contributed by atoms with E-state index in [0.29, 0.717) is 29.1 Å². The van der Waals surface area contributed by atoms with E-state index in [4.69, 9.17) is 11.6 Å². The molecule has 0 bridgehead atoms. The molecule has 0 spiro atoms. The lowest BCUT2D eigenvalue weighted by atomic mass is 9.82. The fourth-order valence-corrected chi connectivity index (χ4v) is 2.91. The quantitative estimate of drug-likeness (QED) is 0.789. The minimum atomic E-state index is -0.952. The summed E-state index contributed by atoms with van der Waals surface area (Å²) < 4.78 is 1.63. The summed E-state index contributed by atoms with van der Waals surface area (Å²) in [5.74, 6) is -1.23. The Morgan fingerprint density at radius 3 is 2.56 bits per heavy atom. The second-order valence-electron chi connectivity index (χ2n) is 6.01. The summed E-state index contributed by atoms with van der Waals surface area (Å²) in [6.45, 7) is 5.49. The van der Waals surface area contributed by atoms with Crippen molar-refractivity contribution in [3.8, 4) is 5.69 Å². The summed E-state index contributed by atoms with van der Waals surface area (Å²) in [5.41, 5.74) is 0.873. The first kappa shape index (κ1) is 19.0. The molecule has 2 N–H and O–H groups in total. The minimum absolute atomic E-state index is 0.0793. The molecule has 25 heavy (non-hydrogen) atoms. The lowest BCUT2D eigenvalue weighted by Gasteiger charge is -2.26. The molecule has 0 aliphatic heterocycles. The van der Waals surface area contributed by atoms with Crippen LogP contribution in [0.1, 0.15) is 42.7 Å². The van der Waals surface area contributed by atoms with Crippen molar-refractivity contribution < 1.29 is 14.7 Å². The topological polar surface area (TPSA) is 84.2 Å². The van der Waals surface area contributed by atoms with Gasteiger partial charge in [0.05, 0.1) is 28.6 Å². The van der Waals surface area contributed by atoms with Crippen LogP contribution in [0.3, 0.4) is 0 Å². The van der Waals surface area contributed by atoms with Crippen molar-refractivity contribution in [3.63, 3.8) is 0 Å². The highest BCUT2D eigenvalue weighted by Gasteiger charge is 2.35. The van der Waals surface area contributed by atoms with E-state index < -0.39 is 11.4 Å². The molecule has 2 rings (SSSR count). The summed E-state index contributed by atoms with van der Waals surface area (Å²) in [6, 6.07) is 7.17. The van der Waals surface area contributed by atoms with Gasteiger partial charge in [-0.05, 0) is 38.0 Å². The Balaban J connectivity index is 2.20. The van der Waals surface area contributed by atoms with Gasteiger partial charge in [-0.2, -0.15) is 5.10 Å². The normalized spacial score (nSPS) is 11.4. The van der Waals surface area contributed by atoms with Crippen LogP contribution in [0, 0.1) is 12.3 Å². The van der Waals surface area contributed by atoms with Crippen LogP contribution in [0.25, 0.3) is 5.69 Å². The number of hydrogen-bond donors (Lipinski definition) is 2. The summed E-state index contributed by atoms with van der Waals surface area (Å²) in [7, 11) is 0. The number of carboxylic acids is 1. The summed E-state index contributed by atoms with van der Waals surface area (Å²) in [4.78, 5) is 24.0. The van der Waals surface area contributed by atoms with E-state index >= 15 is 0 Å². The van der Waals surface area contributed by atoms with Crippen LogP contribution < -0.4 is 5.32 Å². The monoisotopic (exact) mass is 363 g/mol. The highest BCUT2D eigenvalue weighted by molar-refractivity contribution is 6.30. The molecule has 0 atom stereocenters. The number of carbonyl (C=O) groups excluding carboxylic acids is 1. The Bertz CT molecular complexity index is 782. The number of rotatable bonds is 7. The SMILES string of the molecule is CCC(CC)(CNC(=O)c1cnn(-c2cccc(Cl)c2)c1C)C(=O)O. The zero-order chi connectivity index (χ0) is 18.6. The zero-order valence-corrected chi connectivity index (χ0v) is 15.3. The first-order valence-electron chi connectivity index (χ1n) is 8.16. The molecule has 0 saturated heterocycles. The first-order valence-corrected chi connectivity index (χ1v) is 8.54. The molecule has 134 valence electrons. The third-order valence-corrected chi connectivity index (χ3v) is 4.94. The maximum atomic E-state index is 12.5. The molecule has 1 amide bonds. The van der Waals surface area contributed by atoms with Crippen LogP contribution in [-0.4, -0.2) is 33.3 Å². The molecule has 0 unspecified atom stereocenters. The molecule has 1 heterocycles. The largest absolute Gasteiger partial charge is 0.481 e. The average Bonchev–Trinajstić information content (AvgIpc) is 2.97. The molecule has 0 saturated carbocycles. The lowest BCUT2D eigenvalue weighted by molar-refractivity contribution is -0.149. The van der Waals surface area contributed by atoms with Gasteiger partial charge in [0.25, 0.3) is 5.91 Å². The molecule has 7 heteroatoms. The highest BCUT2D eigenvalue weighted by Crippen LogP contribution is 2.26. The number of benzene rings is 1. The van der Waals surface area contributed by atoms with E-state index in [-0.39, 0.29) is 12.5 Å². The van der Waals surface area contributed by atoms with Crippen molar-refractivity contribution >= 4 is 23.5 Å². The third kappa shape index (κ3) is 3.85. The molecular weight excluding hydrogens is 342 g/mol. The van der Waals surface area contributed by atoms with Gasteiger partial charge in [-0.3, -0.25) is 9.59 Å². The Kier molecular flexibility index (Phi) is 5.85. The van der Waals surface area contributed by atoms with E-state index in [1.54, 1.807) is 23.7 Å². The average molecular weight is 364 g/mol. The Hall–Kier alpha value is -2.34. The number of halogens is 1. The standard InChI is InChI=1S/C18H22ClN3O3/c1-4-18(5-2,17(24)25)11-20-16(23)15-10-21-22(12(15)3)14-8-6-7-13(19)9-14/h6-10H,4-5,11H2,1-3H3,(H,20,23)(H,24,25). The van der Waals surface area contributed by atoms with Crippen molar-refractivity contribution in [3.05, 3.63) is 46.7 Å². The molecule has 2 aromatic rings. The number of nitrogens with zero attached hydrogens (tertiary/aromatic N) is 2. The number of amides is 1. The molecule has 0 aliphatic rings. The third-order valence-electron chi connectivity index (χ3n) is 4.70. The van der Waals surface area contributed by atoms with Crippen LogP contribution in [-0.2, 0) is 4.79 Å². The first-order chi connectivity index (χ1) is 11.8. The molecule has 1 aromatic heterocycles. The number of carboxylic acid groups (broad SMARTS) is 1. The van der Waals surface area contributed by atoms with Crippen molar-refractivity contribution in [1.82, 2.24) is 15.1 Å². The Morgan fingerprint density at radius 1 is 1.32 bits per heavy atom.